The predicted molar refractivity (Wildman–Crippen MR) is 132 cm³/mol. The SMILES string of the molecule is CCCN1c2cc(Cl)c(C=C3C(=O)N(CC)C(=S)N(CC)C3=O)cc2C(C)CC1(C)C. The average Bonchev–Trinajstić information content (AvgIpc) is 2.69. The van der Waals surface area contributed by atoms with Gasteiger partial charge in [-0.15, -0.1) is 0 Å². The lowest BCUT2D eigenvalue weighted by Gasteiger charge is -2.47. The Bertz CT molecular complexity index is 928. The fraction of sp³-hybridized carbons (Fsp3) is 0.542. The van der Waals surface area contributed by atoms with Gasteiger partial charge in [-0.05, 0) is 88.0 Å². The molecule has 1 saturated heterocycles. The second kappa shape index (κ2) is 8.91. The van der Waals surface area contributed by atoms with E-state index in [9.17, 15) is 9.59 Å². The maximum atomic E-state index is 13.0. The first kappa shape index (κ1) is 23.7. The summed E-state index contributed by atoms with van der Waals surface area (Å²) in [5.41, 5.74) is 3.19. The highest BCUT2D eigenvalue weighted by Gasteiger charge is 2.39. The number of anilines is 1. The van der Waals surface area contributed by atoms with Crippen LogP contribution in [0.5, 0.6) is 0 Å². The first-order valence-electron chi connectivity index (χ1n) is 11.1. The number of rotatable bonds is 5. The molecule has 0 aromatic heterocycles. The molecule has 3 rings (SSSR count). The van der Waals surface area contributed by atoms with Crippen LogP contribution in [0, 0.1) is 0 Å². The third kappa shape index (κ3) is 4.12. The van der Waals surface area contributed by atoms with Crippen molar-refractivity contribution in [1.29, 1.82) is 0 Å². The Kier molecular flexibility index (Phi) is 6.82. The van der Waals surface area contributed by atoms with Gasteiger partial charge in [-0.1, -0.05) is 25.4 Å². The van der Waals surface area contributed by atoms with Crippen molar-refractivity contribution in [2.24, 2.45) is 0 Å². The number of carbonyl (C=O) groups is 2. The number of halogens is 1. The third-order valence-electron chi connectivity index (χ3n) is 6.30. The summed E-state index contributed by atoms with van der Waals surface area (Å²) < 4.78 is 0. The van der Waals surface area contributed by atoms with Crippen LogP contribution >= 0.6 is 23.8 Å². The van der Waals surface area contributed by atoms with Crippen LogP contribution in [0.3, 0.4) is 0 Å². The number of hydrogen-bond donors (Lipinski definition) is 0. The Morgan fingerprint density at radius 1 is 1.13 bits per heavy atom. The average molecular weight is 462 g/mol. The van der Waals surface area contributed by atoms with Gasteiger partial charge in [-0.3, -0.25) is 19.4 Å². The lowest BCUT2D eigenvalue weighted by molar-refractivity contribution is -0.133. The van der Waals surface area contributed by atoms with Crippen molar-refractivity contribution in [2.45, 2.75) is 65.8 Å². The topological polar surface area (TPSA) is 43.9 Å². The molecule has 1 atom stereocenters. The Hall–Kier alpha value is -1.92. The molecule has 5 nitrogen and oxygen atoms in total. The normalized spacial score (nSPS) is 21.0. The smallest absolute Gasteiger partial charge is 0.265 e. The zero-order valence-corrected chi connectivity index (χ0v) is 20.9. The van der Waals surface area contributed by atoms with Gasteiger partial charge in [0.25, 0.3) is 11.8 Å². The summed E-state index contributed by atoms with van der Waals surface area (Å²) in [4.78, 5) is 31.4. The highest BCUT2D eigenvalue weighted by Crippen LogP contribution is 2.45. The van der Waals surface area contributed by atoms with E-state index in [0.717, 1.165) is 25.1 Å². The van der Waals surface area contributed by atoms with Gasteiger partial charge in [-0.25, -0.2) is 0 Å². The first-order valence-corrected chi connectivity index (χ1v) is 11.9. The van der Waals surface area contributed by atoms with Crippen LogP contribution in [0.4, 0.5) is 5.69 Å². The quantitative estimate of drug-likeness (QED) is 0.342. The van der Waals surface area contributed by atoms with E-state index in [1.54, 1.807) is 6.08 Å². The van der Waals surface area contributed by atoms with Gasteiger partial charge >= 0.3 is 0 Å². The molecule has 2 aliphatic heterocycles. The minimum atomic E-state index is -0.363. The predicted octanol–water partition coefficient (Wildman–Crippen LogP) is 5.22. The number of benzene rings is 1. The Morgan fingerprint density at radius 2 is 1.71 bits per heavy atom. The van der Waals surface area contributed by atoms with Crippen LogP contribution in [-0.2, 0) is 9.59 Å². The lowest BCUT2D eigenvalue weighted by atomic mass is 9.79. The molecule has 1 aromatic carbocycles. The summed E-state index contributed by atoms with van der Waals surface area (Å²) in [6, 6.07) is 4.04. The van der Waals surface area contributed by atoms with Gasteiger partial charge in [-0.2, -0.15) is 0 Å². The summed E-state index contributed by atoms with van der Waals surface area (Å²) >= 11 is 12.1. The van der Waals surface area contributed by atoms with Crippen LogP contribution in [0.15, 0.2) is 17.7 Å². The molecule has 0 N–H and O–H groups in total. The molecular weight excluding hydrogens is 430 g/mol. The van der Waals surface area contributed by atoms with Gasteiger partial charge < -0.3 is 4.90 Å². The maximum absolute atomic E-state index is 13.0. The molecule has 2 heterocycles. The van der Waals surface area contributed by atoms with Gasteiger partial charge in [0.15, 0.2) is 5.11 Å². The van der Waals surface area contributed by atoms with Crippen molar-refractivity contribution in [1.82, 2.24) is 9.80 Å². The molecule has 0 aliphatic carbocycles. The Labute approximate surface area is 196 Å². The largest absolute Gasteiger partial charge is 0.366 e. The van der Waals surface area contributed by atoms with Crippen LogP contribution in [-0.4, -0.2) is 51.9 Å². The molecule has 1 fully saturated rings. The molecule has 168 valence electrons. The number of hydrogen-bond acceptors (Lipinski definition) is 4. The van der Waals surface area contributed by atoms with Crippen LogP contribution < -0.4 is 4.90 Å². The molecule has 1 unspecified atom stereocenters. The van der Waals surface area contributed by atoms with Gasteiger partial charge in [0.1, 0.15) is 5.57 Å². The summed E-state index contributed by atoms with van der Waals surface area (Å²) in [6.45, 7) is 14.4. The van der Waals surface area contributed by atoms with Crippen molar-refractivity contribution in [2.75, 3.05) is 24.5 Å². The number of carbonyl (C=O) groups excluding carboxylic acids is 2. The van der Waals surface area contributed by atoms with E-state index in [1.165, 1.54) is 15.4 Å². The molecule has 31 heavy (non-hydrogen) atoms. The minimum Gasteiger partial charge on any atom is -0.366 e. The summed E-state index contributed by atoms with van der Waals surface area (Å²) in [5, 5.41) is 0.803. The van der Waals surface area contributed by atoms with Crippen molar-refractivity contribution < 1.29 is 9.59 Å². The third-order valence-corrected chi connectivity index (χ3v) is 7.06. The summed E-state index contributed by atoms with van der Waals surface area (Å²) in [7, 11) is 0. The fourth-order valence-electron chi connectivity index (χ4n) is 4.82. The Morgan fingerprint density at radius 3 is 2.23 bits per heavy atom. The van der Waals surface area contributed by atoms with E-state index in [1.807, 2.05) is 26.0 Å². The molecule has 2 aliphatic rings. The van der Waals surface area contributed by atoms with E-state index < -0.39 is 0 Å². The monoisotopic (exact) mass is 461 g/mol. The number of fused-ring (bicyclic) bond motifs is 1. The van der Waals surface area contributed by atoms with Gasteiger partial charge in [0.2, 0.25) is 0 Å². The zero-order chi connectivity index (χ0) is 23.1. The fourth-order valence-corrected chi connectivity index (χ4v) is 5.45. The maximum Gasteiger partial charge on any atom is 0.265 e. The second-order valence-electron chi connectivity index (χ2n) is 8.94. The number of amides is 2. The van der Waals surface area contributed by atoms with E-state index in [2.05, 4.69) is 32.6 Å². The van der Waals surface area contributed by atoms with Crippen molar-refractivity contribution >= 4 is 52.5 Å². The number of nitrogens with zero attached hydrogens (tertiary/aromatic N) is 3. The molecule has 0 spiro atoms. The lowest BCUT2D eigenvalue weighted by Crippen LogP contribution is -2.55. The highest BCUT2D eigenvalue weighted by atomic mass is 35.5. The Balaban J connectivity index is 2.11. The van der Waals surface area contributed by atoms with Crippen molar-refractivity contribution in [3.8, 4) is 0 Å². The van der Waals surface area contributed by atoms with Gasteiger partial charge in [0, 0.05) is 35.9 Å². The number of likely N-dealkylation sites (N-methyl/N-ethyl adjacent to an activating group) is 2. The second-order valence-corrected chi connectivity index (χ2v) is 9.71. The van der Waals surface area contributed by atoms with E-state index in [4.69, 9.17) is 23.8 Å². The number of thiocarbonyl (C=S) groups is 1. The molecular formula is C24H32ClN3O2S. The van der Waals surface area contributed by atoms with E-state index >= 15 is 0 Å². The zero-order valence-electron chi connectivity index (χ0n) is 19.3. The molecule has 0 saturated carbocycles. The van der Waals surface area contributed by atoms with Gasteiger partial charge in [0.05, 0.1) is 0 Å². The van der Waals surface area contributed by atoms with Crippen molar-refractivity contribution in [3.63, 3.8) is 0 Å². The minimum absolute atomic E-state index is 0.0417. The van der Waals surface area contributed by atoms with Crippen molar-refractivity contribution in [3.05, 3.63) is 33.9 Å². The van der Waals surface area contributed by atoms with Crippen LogP contribution in [0.1, 0.15) is 71.4 Å². The molecule has 0 bridgehead atoms. The van der Waals surface area contributed by atoms with Crippen LogP contribution in [0.25, 0.3) is 6.08 Å². The van der Waals surface area contributed by atoms with Crippen LogP contribution in [0.2, 0.25) is 5.02 Å². The molecule has 0 radical (unpaired) electrons. The molecule has 2 amide bonds. The first-order chi connectivity index (χ1) is 14.6. The molecule has 1 aromatic rings. The standard InChI is InChI=1S/C24H32ClN3O2S/c1-7-10-28-20-13-19(25)16(11-17(20)15(4)14-24(28,5)6)12-18-21(29)26(8-2)23(31)27(9-3)22(18)30/h11-13,15H,7-10,14H2,1-6H3. The summed E-state index contributed by atoms with van der Waals surface area (Å²) in [6.07, 6.45) is 3.71. The van der Waals surface area contributed by atoms with E-state index in [-0.39, 0.29) is 28.0 Å². The summed E-state index contributed by atoms with van der Waals surface area (Å²) in [5.74, 6) is -0.382. The van der Waals surface area contributed by atoms with E-state index in [0.29, 0.717) is 29.6 Å². The molecule has 7 heteroatoms. The highest BCUT2D eigenvalue weighted by molar-refractivity contribution is 7.80.